The van der Waals surface area contributed by atoms with E-state index in [0.717, 1.165) is 0 Å². The van der Waals surface area contributed by atoms with Crippen LogP contribution < -0.4 is 5.32 Å². The Bertz CT molecular complexity index is 419. The molecular formula is C13H17NS. The summed E-state index contributed by atoms with van der Waals surface area (Å²) in [6, 6.07) is 6.48. The third-order valence-electron chi connectivity index (χ3n) is 2.70. The molecule has 0 saturated heterocycles. The fraction of sp³-hybridized carbons (Fsp3) is 0.385. The number of hydrogen-bond donors (Lipinski definition) is 1. The van der Waals surface area contributed by atoms with E-state index in [1.807, 2.05) is 0 Å². The SMILES string of the molecule is CSc1cccc2c1NC(C)(C)C=C2C. The lowest BCUT2D eigenvalue weighted by atomic mass is 9.91. The van der Waals surface area contributed by atoms with Crippen molar-refractivity contribution in [2.75, 3.05) is 11.6 Å². The lowest BCUT2D eigenvalue weighted by Gasteiger charge is -2.32. The molecule has 0 amide bonds. The Balaban J connectivity index is 2.59. The molecule has 1 heterocycles. The minimum absolute atomic E-state index is 0.0584. The summed E-state index contributed by atoms with van der Waals surface area (Å²) in [5.74, 6) is 0. The zero-order valence-electron chi connectivity index (χ0n) is 9.72. The largest absolute Gasteiger partial charge is 0.375 e. The fourth-order valence-corrected chi connectivity index (χ4v) is 2.72. The van der Waals surface area contributed by atoms with Gasteiger partial charge in [0.1, 0.15) is 0 Å². The summed E-state index contributed by atoms with van der Waals surface area (Å²) in [7, 11) is 0. The van der Waals surface area contributed by atoms with E-state index < -0.39 is 0 Å². The maximum absolute atomic E-state index is 3.59. The molecule has 0 radical (unpaired) electrons. The van der Waals surface area contributed by atoms with Crippen molar-refractivity contribution >= 4 is 23.0 Å². The quantitative estimate of drug-likeness (QED) is 0.716. The van der Waals surface area contributed by atoms with Crippen LogP contribution in [0.15, 0.2) is 29.2 Å². The highest BCUT2D eigenvalue weighted by Crippen LogP contribution is 2.38. The summed E-state index contributed by atoms with van der Waals surface area (Å²) in [5, 5.41) is 3.59. The molecule has 1 nitrogen and oxygen atoms in total. The van der Waals surface area contributed by atoms with Gasteiger partial charge in [-0.2, -0.15) is 0 Å². The zero-order chi connectivity index (χ0) is 11.1. The number of benzene rings is 1. The van der Waals surface area contributed by atoms with Gasteiger partial charge in [0.2, 0.25) is 0 Å². The van der Waals surface area contributed by atoms with Gasteiger partial charge in [-0.05, 0) is 38.7 Å². The van der Waals surface area contributed by atoms with E-state index in [1.165, 1.54) is 21.7 Å². The van der Waals surface area contributed by atoms with Gasteiger partial charge in [0.05, 0.1) is 11.2 Å². The molecule has 80 valence electrons. The maximum Gasteiger partial charge on any atom is 0.0560 e. The number of allylic oxidation sites excluding steroid dienone is 1. The topological polar surface area (TPSA) is 12.0 Å². The molecule has 1 aromatic rings. The van der Waals surface area contributed by atoms with Crippen LogP contribution in [0.25, 0.3) is 5.57 Å². The smallest absolute Gasteiger partial charge is 0.0560 e. The molecule has 1 aliphatic heterocycles. The van der Waals surface area contributed by atoms with E-state index in [1.54, 1.807) is 11.8 Å². The average Bonchev–Trinajstić information content (AvgIpc) is 2.15. The van der Waals surface area contributed by atoms with E-state index in [2.05, 4.69) is 56.6 Å². The molecule has 0 unspecified atom stereocenters. The molecule has 0 spiro atoms. The molecule has 1 aliphatic rings. The minimum atomic E-state index is 0.0584. The summed E-state index contributed by atoms with van der Waals surface area (Å²) in [5.41, 5.74) is 4.05. The Morgan fingerprint density at radius 2 is 2.00 bits per heavy atom. The van der Waals surface area contributed by atoms with Crippen molar-refractivity contribution in [3.8, 4) is 0 Å². The summed E-state index contributed by atoms with van der Waals surface area (Å²) in [6.45, 7) is 6.60. The van der Waals surface area contributed by atoms with Crippen molar-refractivity contribution in [1.82, 2.24) is 0 Å². The molecule has 1 N–H and O–H groups in total. The van der Waals surface area contributed by atoms with Gasteiger partial charge in [-0.25, -0.2) is 0 Å². The Morgan fingerprint density at radius 1 is 1.27 bits per heavy atom. The van der Waals surface area contributed by atoms with Crippen molar-refractivity contribution in [3.63, 3.8) is 0 Å². The molecule has 2 heteroatoms. The van der Waals surface area contributed by atoms with Crippen LogP contribution in [-0.2, 0) is 0 Å². The summed E-state index contributed by atoms with van der Waals surface area (Å²) < 4.78 is 0. The van der Waals surface area contributed by atoms with Gasteiger partial charge in [-0.15, -0.1) is 11.8 Å². The van der Waals surface area contributed by atoms with Crippen molar-refractivity contribution < 1.29 is 0 Å². The van der Waals surface area contributed by atoms with Crippen LogP contribution in [0, 0.1) is 0 Å². The standard InChI is InChI=1S/C13H17NS/c1-9-8-13(2,3)14-12-10(9)6-5-7-11(12)15-4/h5-8,14H,1-4H3. The summed E-state index contributed by atoms with van der Waals surface area (Å²) in [6.07, 6.45) is 4.41. The number of thioether (sulfide) groups is 1. The maximum atomic E-state index is 3.59. The van der Waals surface area contributed by atoms with E-state index >= 15 is 0 Å². The molecule has 0 aromatic heterocycles. The van der Waals surface area contributed by atoms with E-state index in [4.69, 9.17) is 0 Å². The molecular weight excluding hydrogens is 202 g/mol. The minimum Gasteiger partial charge on any atom is -0.375 e. The number of nitrogens with one attached hydrogen (secondary N) is 1. The molecule has 15 heavy (non-hydrogen) atoms. The first-order valence-corrected chi connectivity index (χ1v) is 6.41. The first-order valence-electron chi connectivity index (χ1n) is 5.18. The van der Waals surface area contributed by atoms with Gasteiger partial charge in [0.15, 0.2) is 0 Å². The van der Waals surface area contributed by atoms with Crippen LogP contribution in [0.5, 0.6) is 0 Å². The Kier molecular flexibility index (Phi) is 2.55. The van der Waals surface area contributed by atoms with E-state index in [0.29, 0.717) is 0 Å². The number of rotatable bonds is 1. The van der Waals surface area contributed by atoms with Crippen LogP contribution in [0.3, 0.4) is 0 Å². The van der Waals surface area contributed by atoms with E-state index in [9.17, 15) is 0 Å². The van der Waals surface area contributed by atoms with Crippen LogP contribution in [0.1, 0.15) is 26.3 Å². The van der Waals surface area contributed by atoms with Gasteiger partial charge >= 0.3 is 0 Å². The van der Waals surface area contributed by atoms with Gasteiger partial charge in [-0.3, -0.25) is 0 Å². The van der Waals surface area contributed by atoms with Crippen molar-refractivity contribution in [2.24, 2.45) is 0 Å². The average molecular weight is 219 g/mol. The highest BCUT2D eigenvalue weighted by atomic mass is 32.2. The van der Waals surface area contributed by atoms with Crippen LogP contribution >= 0.6 is 11.8 Å². The second kappa shape index (κ2) is 3.60. The normalized spacial score (nSPS) is 17.7. The first-order chi connectivity index (χ1) is 7.03. The van der Waals surface area contributed by atoms with Gasteiger partial charge in [0.25, 0.3) is 0 Å². The second-order valence-electron chi connectivity index (χ2n) is 4.56. The van der Waals surface area contributed by atoms with Crippen molar-refractivity contribution in [2.45, 2.75) is 31.2 Å². The van der Waals surface area contributed by atoms with Crippen molar-refractivity contribution in [3.05, 3.63) is 29.8 Å². The molecule has 1 aromatic carbocycles. The van der Waals surface area contributed by atoms with Gasteiger partial charge in [0, 0.05) is 10.5 Å². The highest BCUT2D eigenvalue weighted by molar-refractivity contribution is 7.98. The Hall–Kier alpha value is -0.890. The molecule has 2 rings (SSSR count). The molecule has 0 fully saturated rings. The monoisotopic (exact) mass is 219 g/mol. The zero-order valence-corrected chi connectivity index (χ0v) is 10.5. The predicted octanol–water partition coefficient (Wildman–Crippen LogP) is 4.02. The molecule has 0 aliphatic carbocycles. The number of anilines is 1. The summed E-state index contributed by atoms with van der Waals surface area (Å²) >= 11 is 1.80. The molecule has 0 saturated carbocycles. The van der Waals surface area contributed by atoms with Crippen molar-refractivity contribution in [1.29, 1.82) is 0 Å². The van der Waals surface area contributed by atoms with Gasteiger partial charge < -0.3 is 5.32 Å². The van der Waals surface area contributed by atoms with Crippen LogP contribution in [-0.4, -0.2) is 11.8 Å². The third kappa shape index (κ3) is 1.91. The Morgan fingerprint density at radius 3 is 2.67 bits per heavy atom. The third-order valence-corrected chi connectivity index (χ3v) is 3.48. The lowest BCUT2D eigenvalue weighted by Crippen LogP contribution is -2.31. The second-order valence-corrected chi connectivity index (χ2v) is 5.40. The molecule has 0 atom stereocenters. The number of hydrogen-bond acceptors (Lipinski definition) is 2. The number of fused-ring (bicyclic) bond motifs is 1. The van der Waals surface area contributed by atoms with Crippen LogP contribution in [0.4, 0.5) is 5.69 Å². The Labute approximate surface area is 96.0 Å². The van der Waals surface area contributed by atoms with Crippen LogP contribution in [0.2, 0.25) is 0 Å². The molecule has 0 bridgehead atoms. The van der Waals surface area contributed by atoms with E-state index in [-0.39, 0.29) is 5.54 Å². The predicted molar refractivity (Wildman–Crippen MR) is 69.6 cm³/mol. The first kappa shape index (κ1) is 10.6. The highest BCUT2D eigenvalue weighted by Gasteiger charge is 2.23. The number of para-hydroxylation sites is 1. The fourth-order valence-electron chi connectivity index (χ4n) is 2.14. The summed E-state index contributed by atoms with van der Waals surface area (Å²) in [4.78, 5) is 1.33. The van der Waals surface area contributed by atoms with Gasteiger partial charge in [-0.1, -0.05) is 18.2 Å². The lowest BCUT2D eigenvalue weighted by molar-refractivity contribution is 0.704.